The molecular formula is C7H14N2O2. The first-order valence-electron chi connectivity index (χ1n) is 3.86. The van der Waals surface area contributed by atoms with Crippen LogP contribution in [0.1, 0.15) is 6.42 Å². The molecule has 0 aromatic rings. The number of aliphatic hydroxyl groups excluding tert-OH is 1. The molecule has 0 aromatic heterocycles. The molecule has 1 fully saturated rings. The van der Waals surface area contributed by atoms with Crippen molar-refractivity contribution < 1.29 is 9.90 Å². The fraction of sp³-hybridized carbons (Fsp3) is 0.857. The minimum absolute atomic E-state index is 0.0327. The van der Waals surface area contributed by atoms with E-state index in [9.17, 15) is 4.79 Å². The van der Waals surface area contributed by atoms with Gasteiger partial charge < -0.3 is 14.9 Å². The first kappa shape index (κ1) is 8.33. The minimum Gasteiger partial charge on any atom is -0.395 e. The van der Waals surface area contributed by atoms with Crippen LogP contribution in [0.15, 0.2) is 0 Å². The minimum atomic E-state index is 0.0327. The molecule has 0 unspecified atom stereocenters. The molecule has 1 heterocycles. The van der Waals surface area contributed by atoms with Crippen molar-refractivity contribution >= 4 is 6.03 Å². The Bertz CT molecular complexity index is 147. The highest BCUT2D eigenvalue weighted by atomic mass is 16.3. The third-order valence-corrected chi connectivity index (χ3v) is 1.89. The summed E-state index contributed by atoms with van der Waals surface area (Å²) >= 11 is 0. The van der Waals surface area contributed by atoms with E-state index >= 15 is 0 Å². The molecule has 1 aliphatic rings. The highest BCUT2D eigenvalue weighted by Gasteiger charge is 2.21. The molecule has 0 radical (unpaired) electrons. The van der Waals surface area contributed by atoms with E-state index in [0.717, 1.165) is 19.5 Å². The van der Waals surface area contributed by atoms with E-state index in [-0.39, 0.29) is 12.6 Å². The third kappa shape index (κ3) is 1.83. The Morgan fingerprint density at radius 2 is 2.27 bits per heavy atom. The molecule has 1 aliphatic heterocycles. The SMILES string of the molecule is CN1CCCN(CCO)C1=O. The summed E-state index contributed by atoms with van der Waals surface area (Å²) < 4.78 is 0. The fourth-order valence-electron chi connectivity index (χ4n) is 1.26. The van der Waals surface area contributed by atoms with Crippen LogP contribution in [0.5, 0.6) is 0 Å². The van der Waals surface area contributed by atoms with Crippen LogP contribution in [0.3, 0.4) is 0 Å². The summed E-state index contributed by atoms with van der Waals surface area (Å²) in [6.45, 7) is 2.13. The normalized spacial score (nSPS) is 19.3. The molecule has 64 valence electrons. The van der Waals surface area contributed by atoms with Crippen LogP contribution < -0.4 is 0 Å². The van der Waals surface area contributed by atoms with E-state index in [1.54, 1.807) is 16.8 Å². The Morgan fingerprint density at radius 3 is 2.91 bits per heavy atom. The Kier molecular flexibility index (Phi) is 2.70. The summed E-state index contributed by atoms with van der Waals surface area (Å²) in [4.78, 5) is 14.6. The van der Waals surface area contributed by atoms with Crippen molar-refractivity contribution in [1.29, 1.82) is 0 Å². The molecule has 11 heavy (non-hydrogen) atoms. The first-order chi connectivity index (χ1) is 5.25. The highest BCUT2D eigenvalue weighted by Crippen LogP contribution is 2.05. The number of urea groups is 1. The van der Waals surface area contributed by atoms with Gasteiger partial charge in [-0.3, -0.25) is 0 Å². The number of hydrogen-bond donors (Lipinski definition) is 1. The van der Waals surface area contributed by atoms with Gasteiger partial charge >= 0.3 is 6.03 Å². The van der Waals surface area contributed by atoms with Crippen molar-refractivity contribution in [3.8, 4) is 0 Å². The molecule has 4 heteroatoms. The second-order valence-corrected chi connectivity index (χ2v) is 2.77. The van der Waals surface area contributed by atoms with Gasteiger partial charge in [0, 0.05) is 26.7 Å². The van der Waals surface area contributed by atoms with Gasteiger partial charge in [0.25, 0.3) is 0 Å². The lowest BCUT2D eigenvalue weighted by Crippen LogP contribution is -2.48. The second-order valence-electron chi connectivity index (χ2n) is 2.77. The van der Waals surface area contributed by atoms with Gasteiger partial charge in [-0.05, 0) is 6.42 Å². The molecular weight excluding hydrogens is 144 g/mol. The van der Waals surface area contributed by atoms with Crippen LogP contribution in [0.4, 0.5) is 4.79 Å². The summed E-state index contributed by atoms with van der Waals surface area (Å²) in [6, 6.07) is 0.0327. The number of nitrogens with zero attached hydrogens (tertiary/aromatic N) is 2. The third-order valence-electron chi connectivity index (χ3n) is 1.89. The molecule has 4 nitrogen and oxygen atoms in total. The fourth-order valence-corrected chi connectivity index (χ4v) is 1.26. The van der Waals surface area contributed by atoms with Crippen LogP contribution >= 0.6 is 0 Å². The second kappa shape index (κ2) is 3.57. The predicted molar refractivity (Wildman–Crippen MR) is 41.3 cm³/mol. The maximum absolute atomic E-state index is 11.3. The Labute approximate surface area is 66.4 Å². The monoisotopic (exact) mass is 158 g/mol. The van der Waals surface area contributed by atoms with Gasteiger partial charge in [-0.25, -0.2) is 4.79 Å². The first-order valence-corrected chi connectivity index (χ1v) is 3.86. The Hall–Kier alpha value is -0.770. The summed E-state index contributed by atoms with van der Waals surface area (Å²) in [7, 11) is 1.78. The molecule has 0 spiro atoms. The van der Waals surface area contributed by atoms with Crippen molar-refractivity contribution in [2.24, 2.45) is 0 Å². The topological polar surface area (TPSA) is 43.8 Å². The zero-order valence-corrected chi connectivity index (χ0v) is 6.79. The molecule has 0 aromatic carbocycles. The van der Waals surface area contributed by atoms with Crippen molar-refractivity contribution in [1.82, 2.24) is 9.80 Å². The zero-order chi connectivity index (χ0) is 8.27. The standard InChI is InChI=1S/C7H14N2O2/c1-8-3-2-4-9(5-6-10)7(8)11/h10H,2-6H2,1H3. The van der Waals surface area contributed by atoms with Crippen LogP contribution in [0, 0.1) is 0 Å². The molecule has 0 bridgehead atoms. The van der Waals surface area contributed by atoms with Gasteiger partial charge in [-0.1, -0.05) is 0 Å². The van der Waals surface area contributed by atoms with Crippen molar-refractivity contribution in [2.75, 3.05) is 33.3 Å². The van der Waals surface area contributed by atoms with E-state index in [0.29, 0.717) is 6.54 Å². The average Bonchev–Trinajstić information content (AvgIpc) is 1.99. The molecule has 0 saturated carbocycles. The predicted octanol–water partition coefficient (Wildman–Crippen LogP) is -0.264. The van der Waals surface area contributed by atoms with Crippen molar-refractivity contribution in [3.63, 3.8) is 0 Å². The smallest absolute Gasteiger partial charge is 0.319 e. The van der Waals surface area contributed by atoms with E-state index in [1.165, 1.54) is 0 Å². The lowest BCUT2D eigenvalue weighted by molar-refractivity contribution is 0.127. The zero-order valence-electron chi connectivity index (χ0n) is 6.79. The molecule has 1 rings (SSSR count). The highest BCUT2D eigenvalue weighted by molar-refractivity contribution is 5.74. The number of β-amino-alcohol motifs (C(OH)–C–C–N with tert-alkyl or cyclic N) is 1. The quantitative estimate of drug-likeness (QED) is 0.601. The molecule has 1 saturated heterocycles. The van der Waals surface area contributed by atoms with Gasteiger partial charge in [0.2, 0.25) is 0 Å². The maximum Gasteiger partial charge on any atom is 0.319 e. The number of rotatable bonds is 2. The lowest BCUT2D eigenvalue weighted by Gasteiger charge is -2.32. The summed E-state index contributed by atoms with van der Waals surface area (Å²) in [5, 5.41) is 8.61. The lowest BCUT2D eigenvalue weighted by atomic mass is 10.3. The molecule has 0 atom stereocenters. The van der Waals surface area contributed by atoms with Gasteiger partial charge in [-0.2, -0.15) is 0 Å². The summed E-state index contributed by atoms with van der Waals surface area (Å²) in [6.07, 6.45) is 1.00. The summed E-state index contributed by atoms with van der Waals surface area (Å²) in [5.74, 6) is 0. The number of amides is 2. The average molecular weight is 158 g/mol. The van der Waals surface area contributed by atoms with Gasteiger partial charge in [0.15, 0.2) is 0 Å². The Morgan fingerprint density at radius 1 is 1.55 bits per heavy atom. The van der Waals surface area contributed by atoms with Crippen LogP contribution in [-0.2, 0) is 0 Å². The van der Waals surface area contributed by atoms with Crippen LogP contribution in [-0.4, -0.2) is 54.2 Å². The van der Waals surface area contributed by atoms with E-state index < -0.39 is 0 Å². The van der Waals surface area contributed by atoms with E-state index in [1.807, 2.05) is 0 Å². The number of aliphatic hydroxyl groups is 1. The molecule has 0 aliphatic carbocycles. The van der Waals surface area contributed by atoms with Crippen LogP contribution in [0.25, 0.3) is 0 Å². The van der Waals surface area contributed by atoms with E-state index in [4.69, 9.17) is 5.11 Å². The Balaban J connectivity index is 2.44. The number of hydrogen-bond acceptors (Lipinski definition) is 2. The largest absolute Gasteiger partial charge is 0.395 e. The number of carbonyl (C=O) groups excluding carboxylic acids is 1. The van der Waals surface area contributed by atoms with Gasteiger partial charge in [0.05, 0.1) is 6.61 Å². The van der Waals surface area contributed by atoms with Crippen LogP contribution in [0.2, 0.25) is 0 Å². The van der Waals surface area contributed by atoms with Crippen molar-refractivity contribution in [2.45, 2.75) is 6.42 Å². The van der Waals surface area contributed by atoms with Crippen molar-refractivity contribution in [3.05, 3.63) is 0 Å². The molecule has 1 N–H and O–H groups in total. The van der Waals surface area contributed by atoms with Gasteiger partial charge in [-0.15, -0.1) is 0 Å². The summed E-state index contributed by atoms with van der Waals surface area (Å²) in [5.41, 5.74) is 0. The maximum atomic E-state index is 11.3. The number of carbonyl (C=O) groups is 1. The molecule has 2 amide bonds. The van der Waals surface area contributed by atoms with Gasteiger partial charge in [0.1, 0.15) is 0 Å². The van der Waals surface area contributed by atoms with E-state index in [2.05, 4.69) is 0 Å².